The molecule has 252 valence electrons. The first-order chi connectivity index (χ1) is 25.3. The number of benzene rings is 6. The van der Waals surface area contributed by atoms with E-state index >= 15 is 8.78 Å². The van der Waals surface area contributed by atoms with Gasteiger partial charge in [0.25, 0.3) is 5.92 Å². The summed E-state index contributed by atoms with van der Waals surface area (Å²) < 4.78 is 32.0. The fourth-order valence-electron chi connectivity index (χ4n) is 6.56. The van der Waals surface area contributed by atoms with Crippen LogP contribution in [0.25, 0.3) is 45.0 Å². The number of nitrogens with two attached hydrogens (primary N) is 1. The second kappa shape index (κ2) is 13.6. The Morgan fingerprint density at radius 2 is 1.08 bits per heavy atom. The van der Waals surface area contributed by atoms with Gasteiger partial charge < -0.3 is 5.73 Å². The van der Waals surface area contributed by atoms with Crippen LogP contribution in [0.2, 0.25) is 0 Å². The summed E-state index contributed by atoms with van der Waals surface area (Å²) in [6.07, 6.45) is -0.636. The van der Waals surface area contributed by atoms with Crippen molar-refractivity contribution in [3.8, 4) is 45.0 Å². The van der Waals surface area contributed by atoms with Crippen LogP contribution in [0.3, 0.4) is 0 Å². The van der Waals surface area contributed by atoms with Crippen LogP contribution in [-0.4, -0.2) is 21.5 Å². The number of aromatic nitrogens is 2. The topological polar surface area (TPSA) is 76.5 Å². The Kier molecular flexibility index (Phi) is 8.53. The van der Waals surface area contributed by atoms with Gasteiger partial charge in [0, 0.05) is 39.1 Å². The van der Waals surface area contributed by atoms with Crippen molar-refractivity contribution in [2.24, 2.45) is 15.7 Å². The second-order valence-electron chi connectivity index (χ2n) is 12.7. The quantitative estimate of drug-likeness (QED) is 0.128. The fourth-order valence-corrected chi connectivity index (χ4v) is 6.56. The number of halogens is 2. The summed E-state index contributed by atoms with van der Waals surface area (Å²) in [6, 6.07) is 50.9. The number of fused-ring (bicyclic) bond motifs is 3. The normalized spacial score (nSPS) is 14.1. The Morgan fingerprint density at radius 1 is 0.558 bits per heavy atom. The molecule has 0 saturated carbocycles. The molecule has 0 amide bonds. The predicted molar refractivity (Wildman–Crippen MR) is 205 cm³/mol. The molecule has 0 bridgehead atoms. The molecule has 1 atom stereocenters. The first kappa shape index (κ1) is 32.6. The molecule has 7 aromatic rings. The Balaban J connectivity index is 1.21. The molecule has 7 heteroatoms. The number of aliphatic imine (C=N–C) groups is 2. The minimum atomic E-state index is -3.17. The Labute approximate surface area is 300 Å². The largest absolute Gasteiger partial charge is 0.383 e. The SMILES string of the molecule is CC(=NC(N=C(N)c1ccccc1)c1ccccc1)c1ccc2c(c1)-c1cc(-c3nc(-c4ccccc4)cc(-c4ccccc4)n3)ccc1C2(F)F. The number of rotatable bonds is 8. The van der Waals surface area contributed by atoms with Gasteiger partial charge in [0.15, 0.2) is 12.0 Å². The van der Waals surface area contributed by atoms with Gasteiger partial charge in [-0.25, -0.2) is 15.0 Å². The van der Waals surface area contributed by atoms with Gasteiger partial charge in [0.1, 0.15) is 5.84 Å². The number of alkyl halides is 2. The lowest BCUT2D eigenvalue weighted by molar-refractivity contribution is 0.0480. The van der Waals surface area contributed by atoms with E-state index in [0.717, 1.165) is 33.6 Å². The van der Waals surface area contributed by atoms with Crippen LogP contribution in [0, 0.1) is 0 Å². The molecule has 0 aliphatic heterocycles. The van der Waals surface area contributed by atoms with E-state index in [4.69, 9.17) is 25.7 Å². The van der Waals surface area contributed by atoms with Crippen molar-refractivity contribution < 1.29 is 8.78 Å². The van der Waals surface area contributed by atoms with Crippen molar-refractivity contribution in [2.45, 2.75) is 19.0 Å². The number of nitrogens with zero attached hydrogens (tertiary/aromatic N) is 4. The second-order valence-corrected chi connectivity index (χ2v) is 12.7. The van der Waals surface area contributed by atoms with E-state index in [9.17, 15) is 0 Å². The highest BCUT2D eigenvalue weighted by Gasteiger charge is 2.44. The maximum atomic E-state index is 16.0. The molecule has 1 aliphatic carbocycles. The molecule has 5 nitrogen and oxygen atoms in total. The zero-order valence-electron chi connectivity index (χ0n) is 28.3. The minimum absolute atomic E-state index is 0.0499. The van der Waals surface area contributed by atoms with E-state index in [1.54, 1.807) is 24.3 Å². The highest BCUT2D eigenvalue weighted by atomic mass is 19.3. The Hall–Kier alpha value is -6.60. The van der Waals surface area contributed by atoms with Crippen molar-refractivity contribution in [1.29, 1.82) is 0 Å². The third kappa shape index (κ3) is 6.29. The highest BCUT2D eigenvalue weighted by Crippen LogP contribution is 2.52. The Bertz CT molecular complexity index is 2390. The summed E-state index contributed by atoms with van der Waals surface area (Å²) in [4.78, 5) is 19.6. The van der Waals surface area contributed by atoms with Gasteiger partial charge in [-0.15, -0.1) is 0 Å². The Morgan fingerprint density at radius 3 is 1.67 bits per heavy atom. The lowest BCUT2D eigenvalue weighted by Crippen LogP contribution is -2.15. The molecule has 1 heterocycles. The minimum Gasteiger partial charge on any atom is -0.383 e. The zero-order valence-corrected chi connectivity index (χ0v) is 28.3. The molecule has 1 unspecified atom stereocenters. The van der Waals surface area contributed by atoms with Crippen molar-refractivity contribution in [3.05, 3.63) is 192 Å². The molecule has 0 spiro atoms. The van der Waals surface area contributed by atoms with Crippen molar-refractivity contribution in [3.63, 3.8) is 0 Å². The maximum absolute atomic E-state index is 16.0. The van der Waals surface area contributed by atoms with Gasteiger partial charge in [0.05, 0.1) is 11.4 Å². The van der Waals surface area contributed by atoms with Crippen LogP contribution < -0.4 is 5.73 Å². The summed E-state index contributed by atoms with van der Waals surface area (Å²) in [6.45, 7) is 1.87. The van der Waals surface area contributed by atoms with Crippen LogP contribution in [0.5, 0.6) is 0 Å². The molecule has 8 rings (SSSR count). The van der Waals surface area contributed by atoms with E-state index in [2.05, 4.69) is 0 Å². The van der Waals surface area contributed by atoms with Crippen molar-refractivity contribution in [1.82, 2.24) is 9.97 Å². The first-order valence-electron chi connectivity index (χ1n) is 17.0. The average molecular weight is 682 g/mol. The predicted octanol–water partition coefficient (Wildman–Crippen LogP) is 10.5. The van der Waals surface area contributed by atoms with E-state index in [0.29, 0.717) is 39.6 Å². The van der Waals surface area contributed by atoms with Crippen LogP contribution in [0.4, 0.5) is 8.78 Å². The molecule has 52 heavy (non-hydrogen) atoms. The average Bonchev–Trinajstić information content (AvgIpc) is 3.43. The van der Waals surface area contributed by atoms with E-state index < -0.39 is 12.1 Å². The van der Waals surface area contributed by atoms with Gasteiger partial charge in [-0.05, 0) is 47.4 Å². The van der Waals surface area contributed by atoms with Crippen molar-refractivity contribution in [2.75, 3.05) is 0 Å². The van der Waals surface area contributed by atoms with Crippen LogP contribution in [0.15, 0.2) is 174 Å². The van der Waals surface area contributed by atoms with Crippen LogP contribution in [0.1, 0.15) is 40.9 Å². The number of amidine groups is 1. The molecular formula is C45H33F2N5. The summed E-state index contributed by atoms with van der Waals surface area (Å²) >= 11 is 0. The lowest BCUT2D eigenvalue weighted by atomic mass is 9.99. The molecule has 0 fully saturated rings. The van der Waals surface area contributed by atoms with E-state index in [1.807, 2.05) is 134 Å². The van der Waals surface area contributed by atoms with Crippen LogP contribution in [-0.2, 0) is 5.92 Å². The standard InChI is InChI=1S/C45H33F2N5/c1-29(49-43(33-20-12-5-13-21-33)52-42(48)32-18-10-4-11-19-32)34-22-24-38-36(26-34)37-27-35(23-25-39(37)45(38,46)47)44-50-40(30-14-6-2-7-15-30)28-41(51-44)31-16-8-3-9-17-31/h2-28,43H,1H3,(H2,48,52). The zero-order chi connectivity index (χ0) is 35.7. The molecule has 0 radical (unpaired) electrons. The van der Waals surface area contributed by atoms with Crippen LogP contribution >= 0.6 is 0 Å². The van der Waals surface area contributed by atoms with E-state index in [-0.39, 0.29) is 11.1 Å². The van der Waals surface area contributed by atoms with Crippen molar-refractivity contribution >= 4 is 11.5 Å². The molecule has 1 aliphatic rings. The third-order valence-corrected chi connectivity index (χ3v) is 9.29. The van der Waals surface area contributed by atoms with E-state index in [1.165, 1.54) is 12.1 Å². The molecule has 1 aromatic heterocycles. The maximum Gasteiger partial charge on any atom is 0.299 e. The lowest BCUT2D eigenvalue weighted by Gasteiger charge is -2.14. The number of hydrogen-bond acceptors (Lipinski definition) is 4. The third-order valence-electron chi connectivity index (χ3n) is 9.29. The fraction of sp³-hybridized carbons (Fsp3) is 0.0667. The number of hydrogen-bond donors (Lipinski definition) is 1. The van der Waals surface area contributed by atoms with Gasteiger partial charge in [-0.1, -0.05) is 146 Å². The summed E-state index contributed by atoms with van der Waals surface area (Å²) in [5.41, 5.74) is 14.2. The summed E-state index contributed by atoms with van der Waals surface area (Å²) in [7, 11) is 0. The highest BCUT2D eigenvalue weighted by molar-refractivity contribution is 6.01. The molecular weight excluding hydrogens is 649 g/mol. The summed E-state index contributed by atoms with van der Waals surface area (Å²) in [5, 5.41) is 0. The molecule has 2 N–H and O–H groups in total. The van der Waals surface area contributed by atoms with Gasteiger partial charge in [-0.3, -0.25) is 4.99 Å². The van der Waals surface area contributed by atoms with Gasteiger partial charge in [0.2, 0.25) is 0 Å². The molecule has 6 aromatic carbocycles. The monoisotopic (exact) mass is 681 g/mol. The molecule has 0 saturated heterocycles. The van der Waals surface area contributed by atoms with Gasteiger partial charge >= 0.3 is 0 Å². The van der Waals surface area contributed by atoms with Gasteiger partial charge in [-0.2, -0.15) is 8.78 Å². The smallest absolute Gasteiger partial charge is 0.299 e. The summed E-state index contributed by atoms with van der Waals surface area (Å²) in [5.74, 6) is -2.36. The first-order valence-corrected chi connectivity index (χ1v) is 17.0.